The lowest BCUT2D eigenvalue weighted by atomic mass is 9.69. The van der Waals surface area contributed by atoms with Gasteiger partial charge in [-0.25, -0.2) is 0 Å². The Labute approximate surface area is 343 Å². The van der Waals surface area contributed by atoms with E-state index >= 15 is 0 Å². The van der Waals surface area contributed by atoms with Crippen molar-refractivity contribution in [2.75, 3.05) is 0 Å². The molecule has 0 bridgehead atoms. The van der Waals surface area contributed by atoms with Crippen LogP contribution in [-0.4, -0.2) is 47.8 Å². The number of hydrogen-bond donors (Lipinski definition) is 4. The highest BCUT2D eigenvalue weighted by atomic mass is 16.2. The first kappa shape index (κ1) is 46.6. The fourth-order valence-electron chi connectivity index (χ4n) is 11.7. The van der Waals surface area contributed by atoms with Crippen LogP contribution in [0.25, 0.3) is 0 Å². The molecule has 4 saturated carbocycles. The predicted octanol–water partition coefficient (Wildman–Crippen LogP) is 9.88. The van der Waals surface area contributed by atoms with Crippen LogP contribution in [0.4, 0.5) is 0 Å². The summed E-state index contributed by atoms with van der Waals surface area (Å²) in [7, 11) is 0. The number of hydrogen-bond acceptors (Lipinski definition) is 4. The van der Waals surface area contributed by atoms with Crippen molar-refractivity contribution >= 4 is 23.6 Å². The van der Waals surface area contributed by atoms with Gasteiger partial charge in [-0.3, -0.25) is 19.2 Å². The summed E-state index contributed by atoms with van der Waals surface area (Å²) in [5, 5.41) is 13.7. The van der Waals surface area contributed by atoms with Gasteiger partial charge in [0.2, 0.25) is 23.6 Å². The maximum Gasteiger partial charge on any atom is 0.224 e. The van der Waals surface area contributed by atoms with Crippen molar-refractivity contribution in [3.8, 4) is 0 Å². The Kier molecular flexibility index (Phi) is 16.0. The van der Waals surface area contributed by atoms with Crippen LogP contribution in [0, 0.1) is 57.2 Å². The largest absolute Gasteiger partial charge is 0.353 e. The van der Waals surface area contributed by atoms with E-state index in [1.165, 1.54) is 0 Å². The molecule has 0 spiro atoms. The maximum atomic E-state index is 14.9. The number of amides is 4. The first-order valence-electron chi connectivity index (χ1n) is 23.2. The van der Waals surface area contributed by atoms with Gasteiger partial charge in [-0.05, 0) is 96.7 Å². The lowest BCUT2D eigenvalue weighted by Gasteiger charge is -2.43. The van der Waals surface area contributed by atoms with Crippen molar-refractivity contribution in [3.63, 3.8) is 0 Å². The second-order valence-electron chi connectivity index (χ2n) is 23.2. The van der Waals surface area contributed by atoms with E-state index < -0.39 is 11.8 Å². The molecule has 4 N–H and O–H groups in total. The van der Waals surface area contributed by atoms with Crippen molar-refractivity contribution in [2.24, 2.45) is 57.2 Å². The van der Waals surface area contributed by atoms with E-state index in [0.717, 1.165) is 103 Å². The quantitative estimate of drug-likeness (QED) is 0.167. The fourth-order valence-corrected chi connectivity index (χ4v) is 11.7. The summed E-state index contributed by atoms with van der Waals surface area (Å²) in [5.41, 5.74) is 0.0627. The van der Waals surface area contributed by atoms with E-state index in [4.69, 9.17) is 0 Å². The van der Waals surface area contributed by atoms with E-state index in [0.29, 0.717) is 11.8 Å². The van der Waals surface area contributed by atoms with Crippen molar-refractivity contribution in [1.29, 1.82) is 0 Å². The molecule has 0 aromatic rings. The molecule has 0 aromatic heterocycles. The number of carbonyl (C=O) groups is 4. The molecule has 322 valence electrons. The molecule has 0 heterocycles. The first-order valence-corrected chi connectivity index (χ1v) is 23.2. The molecule has 4 aliphatic carbocycles. The smallest absolute Gasteiger partial charge is 0.224 e. The molecule has 4 amide bonds. The van der Waals surface area contributed by atoms with Gasteiger partial charge in [-0.1, -0.05) is 134 Å². The van der Waals surface area contributed by atoms with Gasteiger partial charge in [0.05, 0.1) is 11.8 Å². The molecule has 0 aliphatic heterocycles. The summed E-state index contributed by atoms with van der Waals surface area (Å²) < 4.78 is 0. The van der Waals surface area contributed by atoms with Gasteiger partial charge in [0.25, 0.3) is 0 Å². The summed E-state index contributed by atoms with van der Waals surface area (Å²) >= 11 is 0. The third-order valence-electron chi connectivity index (χ3n) is 14.8. The van der Waals surface area contributed by atoms with Crippen LogP contribution in [0.3, 0.4) is 0 Å². The van der Waals surface area contributed by atoms with E-state index in [2.05, 4.69) is 104 Å². The van der Waals surface area contributed by atoms with Gasteiger partial charge in [0, 0.05) is 37.0 Å². The molecule has 4 aliphatic rings. The van der Waals surface area contributed by atoms with E-state index in [9.17, 15) is 19.2 Å². The van der Waals surface area contributed by atoms with Gasteiger partial charge < -0.3 is 21.3 Å². The highest BCUT2D eigenvalue weighted by Gasteiger charge is 2.44. The second kappa shape index (κ2) is 19.3. The highest BCUT2D eigenvalue weighted by Crippen LogP contribution is 2.42. The van der Waals surface area contributed by atoms with Crippen LogP contribution in [0.2, 0.25) is 0 Å². The van der Waals surface area contributed by atoms with E-state index in [1.54, 1.807) is 0 Å². The summed E-state index contributed by atoms with van der Waals surface area (Å²) in [5.74, 6) is -1.60. The Morgan fingerprint density at radius 2 is 0.589 bits per heavy atom. The van der Waals surface area contributed by atoms with Crippen LogP contribution in [0.15, 0.2) is 0 Å². The first-order chi connectivity index (χ1) is 26.0. The molecule has 56 heavy (non-hydrogen) atoms. The van der Waals surface area contributed by atoms with Crippen LogP contribution in [0.1, 0.15) is 199 Å². The van der Waals surface area contributed by atoms with Crippen molar-refractivity contribution in [3.05, 3.63) is 0 Å². The zero-order chi connectivity index (χ0) is 41.6. The molecule has 8 nitrogen and oxygen atoms in total. The van der Waals surface area contributed by atoms with E-state index in [-0.39, 0.29) is 94.1 Å². The van der Waals surface area contributed by atoms with Crippen LogP contribution >= 0.6 is 0 Å². The average Bonchev–Trinajstić information content (AvgIpc) is 3.08. The third-order valence-corrected chi connectivity index (χ3v) is 14.8. The molecular weight excluding hydrogens is 697 g/mol. The molecule has 4 fully saturated rings. The van der Waals surface area contributed by atoms with Crippen LogP contribution < -0.4 is 21.3 Å². The minimum Gasteiger partial charge on any atom is -0.353 e. The van der Waals surface area contributed by atoms with Gasteiger partial charge in [0.15, 0.2) is 0 Å². The second-order valence-corrected chi connectivity index (χ2v) is 23.2. The molecule has 8 heteroatoms. The zero-order valence-electron chi connectivity index (χ0n) is 38.1. The lowest BCUT2D eigenvalue weighted by Crippen LogP contribution is -2.55. The monoisotopic (exact) mass is 783 g/mol. The minimum atomic E-state index is -0.971. The molecule has 0 saturated heterocycles. The predicted molar refractivity (Wildman–Crippen MR) is 230 cm³/mol. The van der Waals surface area contributed by atoms with Gasteiger partial charge in [-0.2, -0.15) is 0 Å². The summed E-state index contributed by atoms with van der Waals surface area (Å²) in [6, 6.07) is -0.0353. The lowest BCUT2D eigenvalue weighted by molar-refractivity contribution is -0.142. The zero-order valence-corrected chi connectivity index (χ0v) is 38.1. The summed E-state index contributed by atoms with van der Waals surface area (Å²) in [4.78, 5) is 58.6. The molecule has 10 unspecified atom stereocenters. The molecular formula is C48H86N4O4. The van der Waals surface area contributed by atoms with Gasteiger partial charge in [0.1, 0.15) is 0 Å². The average molecular weight is 783 g/mol. The van der Waals surface area contributed by atoms with Crippen LogP contribution in [0.5, 0.6) is 0 Å². The Morgan fingerprint density at radius 3 is 0.821 bits per heavy atom. The van der Waals surface area contributed by atoms with Gasteiger partial charge in [-0.15, -0.1) is 0 Å². The SMILES string of the molecule is CC(C)(C)C1CCCCC1NC(=O)CC(C(=O)NC1CCCCC1C(C)(C)C)C(CC(=O)NC1CCCCC1C(C)(C)C)C(=O)NC1CCCCC1C(C)(C)C. The van der Waals surface area contributed by atoms with Gasteiger partial charge >= 0.3 is 0 Å². The highest BCUT2D eigenvalue weighted by molar-refractivity contribution is 5.94. The Morgan fingerprint density at radius 1 is 0.375 bits per heavy atom. The number of nitrogens with one attached hydrogen (secondary N) is 4. The summed E-state index contributed by atoms with van der Waals surface area (Å²) in [6.07, 6.45) is 16.3. The van der Waals surface area contributed by atoms with E-state index in [1.807, 2.05) is 0 Å². The fraction of sp³-hybridized carbons (Fsp3) is 0.917. The Hall–Kier alpha value is -2.12. The Bertz CT molecular complexity index is 1220. The topological polar surface area (TPSA) is 116 Å². The molecule has 0 radical (unpaired) electrons. The maximum absolute atomic E-state index is 14.9. The minimum absolute atomic E-state index is 0.00259. The number of carbonyl (C=O) groups excluding carboxylic acids is 4. The van der Waals surface area contributed by atoms with Crippen LogP contribution in [-0.2, 0) is 19.2 Å². The Balaban J connectivity index is 1.70. The molecule has 4 rings (SSSR count). The normalized spacial score (nSPS) is 30.7. The third kappa shape index (κ3) is 12.9. The standard InChI is InChI=1S/C48H86N4O4/c1-45(2,3)33-21-13-17-25-37(33)49-41(53)29-31(43(55)51-39-27-19-15-23-35(39)47(7,8)9)32(44(56)52-40-28-20-16-24-36(40)48(10,11)12)30-42(54)50-38-26-18-14-22-34(38)46(4,5)6/h31-40H,13-30H2,1-12H3,(H,49,53)(H,50,54)(H,51,55)(H,52,56). The molecule has 10 atom stereocenters. The molecule has 0 aromatic carbocycles. The van der Waals surface area contributed by atoms with Crippen molar-refractivity contribution in [1.82, 2.24) is 21.3 Å². The summed E-state index contributed by atoms with van der Waals surface area (Å²) in [6.45, 7) is 27.0. The van der Waals surface area contributed by atoms with Crippen molar-refractivity contribution in [2.45, 2.75) is 223 Å². The number of rotatable bonds is 11. The van der Waals surface area contributed by atoms with Crippen molar-refractivity contribution < 1.29 is 19.2 Å².